The number of hydrogen-bond donors (Lipinski definition) is 2. The standard InChI is InChI=1S/C23H21ClN2O5S/c1-30-18-7-5-6-16(14-18)10-13-23(27)25-17-11-12-21(31-2)22(15-17)32(28,29)26-20-9-4-3-8-19(20)24/h3-15,26H,1-2H3,(H,25,27)/b13-10+. The number of carbonyl (C=O) groups excluding carboxylic acids is 1. The fourth-order valence-corrected chi connectivity index (χ4v) is 4.32. The van der Waals surface area contributed by atoms with Crippen molar-refractivity contribution in [2.75, 3.05) is 24.3 Å². The molecule has 7 nitrogen and oxygen atoms in total. The zero-order chi connectivity index (χ0) is 23.1. The minimum Gasteiger partial charge on any atom is -0.497 e. The van der Waals surface area contributed by atoms with E-state index in [1.165, 1.54) is 25.3 Å². The van der Waals surface area contributed by atoms with Gasteiger partial charge in [-0.25, -0.2) is 8.42 Å². The topological polar surface area (TPSA) is 93.7 Å². The normalized spacial score (nSPS) is 11.2. The predicted octanol–water partition coefficient (Wildman–Crippen LogP) is 4.81. The zero-order valence-corrected chi connectivity index (χ0v) is 18.9. The van der Waals surface area contributed by atoms with Crippen molar-refractivity contribution in [3.8, 4) is 11.5 Å². The van der Waals surface area contributed by atoms with Crippen molar-refractivity contribution in [2.24, 2.45) is 0 Å². The number of anilines is 2. The lowest BCUT2D eigenvalue weighted by Crippen LogP contribution is -2.15. The lowest BCUT2D eigenvalue weighted by Gasteiger charge is -2.14. The molecule has 3 aromatic rings. The smallest absolute Gasteiger partial charge is 0.265 e. The van der Waals surface area contributed by atoms with Crippen LogP contribution in [0, 0.1) is 0 Å². The van der Waals surface area contributed by atoms with Crippen LogP contribution in [0.3, 0.4) is 0 Å². The number of amides is 1. The van der Waals surface area contributed by atoms with Gasteiger partial charge in [0, 0.05) is 11.8 Å². The summed E-state index contributed by atoms with van der Waals surface area (Å²) in [5.41, 5.74) is 1.29. The fourth-order valence-electron chi connectivity index (χ4n) is 2.81. The van der Waals surface area contributed by atoms with Gasteiger partial charge in [0.2, 0.25) is 5.91 Å². The maximum atomic E-state index is 13.0. The Hall–Kier alpha value is -3.49. The molecule has 32 heavy (non-hydrogen) atoms. The number of sulfonamides is 1. The highest BCUT2D eigenvalue weighted by Crippen LogP contribution is 2.30. The Morgan fingerprint density at radius 1 is 0.969 bits per heavy atom. The van der Waals surface area contributed by atoms with Crippen LogP contribution in [-0.2, 0) is 14.8 Å². The number of carbonyl (C=O) groups is 1. The summed E-state index contributed by atoms with van der Waals surface area (Å²) in [5.74, 6) is 0.360. The molecule has 0 aromatic heterocycles. The van der Waals surface area contributed by atoms with Crippen LogP contribution in [0.2, 0.25) is 5.02 Å². The van der Waals surface area contributed by atoms with Crippen LogP contribution in [0.25, 0.3) is 6.08 Å². The molecular weight excluding hydrogens is 452 g/mol. The summed E-state index contributed by atoms with van der Waals surface area (Å²) >= 11 is 6.07. The average Bonchev–Trinajstić information content (AvgIpc) is 2.79. The summed E-state index contributed by atoms with van der Waals surface area (Å²) in [6, 6.07) is 18.0. The predicted molar refractivity (Wildman–Crippen MR) is 126 cm³/mol. The van der Waals surface area contributed by atoms with Crippen molar-refractivity contribution in [3.05, 3.63) is 83.4 Å². The first kappa shape index (κ1) is 23.2. The Balaban J connectivity index is 1.81. The Bertz CT molecular complexity index is 1260. The number of hydrogen-bond acceptors (Lipinski definition) is 5. The maximum absolute atomic E-state index is 13.0. The van der Waals surface area contributed by atoms with Crippen LogP contribution in [0.15, 0.2) is 77.7 Å². The van der Waals surface area contributed by atoms with E-state index in [0.717, 1.165) is 5.56 Å². The van der Waals surface area contributed by atoms with Crippen molar-refractivity contribution in [2.45, 2.75) is 4.90 Å². The van der Waals surface area contributed by atoms with E-state index in [9.17, 15) is 13.2 Å². The SMILES string of the molecule is COc1cccc(/C=C/C(=O)Nc2ccc(OC)c(S(=O)(=O)Nc3ccccc3Cl)c2)c1. The highest BCUT2D eigenvalue weighted by Gasteiger charge is 2.21. The van der Waals surface area contributed by atoms with E-state index in [1.807, 2.05) is 12.1 Å². The molecule has 0 atom stereocenters. The molecule has 166 valence electrons. The lowest BCUT2D eigenvalue weighted by molar-refractivity contribution is -0.111. The van der Waals surface area contributed by atoms with Gasteiger partial charge in [0.15, 0.2) is 0 Å². The van der Waals surface area contributed by atoms with Gasteiger partial charge >= 0.3 is 0 Å². The zero-order valence-electron chi connectivity index (χ0n) is 17.3. The average molecular weight is 473 g/mol. The molecule has 0 aliphatic carbocycles. The molecule has 9 heteroatoms. The molecule has 0 heterocycles. The van der Waals surface area contributed by atoms with Gasteiger partial charge in [-0.3, -0.25) is 9.52 Å². The van der Waals surface area contributed by atoms with E-state index in [2.05, 4.69) is 10.0 Å². The number of halogens is 1. The molecule has 0 spiro atoms. The van der Waals surface area contributed by atoms with Crippen LogP contribution < -0.4 is 19.5 Å². The first-order valence-electron chi connectivity index (χ1n) is 9.41. The molecule has 0 aliphatic rings. The van der Waals surface area contributed by atoms with Crippen molar-refractivity contribution >= 4 is 45.0 Å². The molecule has 3 aromatic carbocycles. The van der Waals surface area contributed by atoms with Crippen LogP contribution >= 0.6 is 11.6 Å². The lowest BCUT2D eigenvalue weighted by atomic mass is 10.2. The minimum atomic E-state index is -4.04. The summed E-state index contributed by atoms with van der Waals surface area (Å²) in [5, 5.41) is 2.90. The molecule has 0 bridgehead atoms. The second-order valence-corrected chi connectivity index (χ2v) is 8.61. The van der Waals surface area contributed by atoms with Gasteiger partial charge in [0.1, 0.15) is 16.4 Å². The van der Waals surface area contributed by atoms with Gasteiger partial charge < -0.3 is 14.8 Å². The highest BCUT2D eigenvalue weighted by atomic mass is 35.5. The Labute approximate surface area is 191 Å². The van der Waals surface area contributed by atoms with E-state index in [1.54, 1.807) is 55.7 Å². The first-order chi connectivity index (χ1) is 15.3. The number of para-hydroxylation sites is 1. The van der Waals surface area contributed by atoms with Gasteiger partial charge in [-0.1, -0.05) is 35.9 Å². The van der Waals surface area contributed by atoms with Crippen LogP contribution in [0.1, 0.15) is 5.56 Å². The van der Waals surface area contributed by atoms with E-state index in [-0.39, 0.29) is 27.0 Å². The number of nitrogens with one attached hydrogen (secondary N) is 2. The molecule has 3 rings (SSSR count). The first-order valence-corrected chi connectivity index (χ1v) is 11.3. The maximum Gasteiger partial charge on any atom is 0.265 e. The summed E-state index contributed by atoms with van der Waals surface area (Å²) in [6.07, 6.45) is 2.97. The third kappa shape index (κ3) is 5.81. The third-order valence-electron chi connectivity index (χ3n) is 4.36. The van der Waals surface area contributed by atoms with E-state index < -0.39 is 15.9 Å². The molecule has 0 unspecified atom stereocenters. The molecule has 0 fully saturated rings. The summed E-state index contributed by atoms with van der Waals surface area (Å²) in [6.45, 7) is 0. The number of ether oxygens (including phenoxy) is 2. The van der Waals surface area contributed by atoms with Gasteiger partial charge in [-0.15, -0.1) is 0 Å². The van der Waals surface area contributed by atoms with Crippen molar-refractivity contribution in [3.63, 3.8) is 0 Å². The van der Waals surface area contributed by atoms with Crippen LogP contribution in [0.5, 0.6) is 11.5 Å². The Morgan fingerprint density at radius 3 is 2.47 bits per heavy atom. The van der Waals surface area contributed by atoms with Gasteiger partial charge in [-0.05, 0) is 54.1 Å². The van der Waals surface area contributed by atoms with Crippen molar-refractivity contribution in [1.29, 1.82) is 0 Å². The monoisotopic (exact) mass is 472 g/mol. The van der Waals surface area contributed by atoms with Crippen molar-refractivity contribution < 1.29 is 22.7 Å². The third-order valence-corrected chi connectivity index (χ3v) is 6.08. The number of rotatable bonds is 8. The van der Waals surface area contributed by atoms with Gasteiger partial charge in [0.25, 0.3) is 10.0 Å². The second kappa shape index (κ2) is 10.2. The summed E-state index contributed by atoms with van der Waals surface area (Å²) in [4.78, 5) is 12.2. The van der Waals surface area contributed by atoms with Gasteiger partial charge in [0.05, 0.1) is 24.9 Å². The fraction of sp³-hybridized carbons (Fsp3) is 0.0870. The summed E-state index contributed by atoms with van der Waals surface area (Å²) < 4.78 is 38.7. The number of methoxy groups -OCH3 is 2. The highest BCUT2D eigenvalue weighted by molar-refractivity contribution is 7.92. The molecule has 2 N–H and O–H groups in total. The largest absolute Gasteiger partial charge is 0.497 e. The molecule has 0 saturated carbocycles. The molecule has 0 radical (unpaired) electrons. The van der Waals surface area contributed by atoms with E-state index in [0.29, 0.717) is 5.75 Å². The number of benzene rings is 3. The van der Waals surface area contributed by atoms with E-state index in [4.69, 9.17) is 21.1 Å². The Kier molecular flexibility index (Phi) is 7.40. The van der Waals surface area contributed by atoms with Gasteiger partial charge in [-0.2, -0.15) is 0 Å². The molecule has 1 amide bonds. The van der Waals surface area contributed by atoms with E-state index >= 15 is 0 Å². The molecular formula is C23H21ClN2O5S. The Morgan fingerprint density at radius 2 is 1.75 bits per heavy atom. The van der Waals surface area contributed by atoms with Crippen LogP contribution in [0.4, 0.5) is 11.4 Å². The van der Waals surface area contributed by atoms with Crippen LogP contribution in [-0.4, -0.2) is 28.5 Å². The summed E-state index contributed by atoms with van der Waals surface area (Å²) in [7, 11) is -1.12. The van der Waals surface area contributed by atoms with Crippen molar-refractivity contribution in [1.82, 2.24) is 0 Å². The molecule has 0 aliphatic heterocycles. The second-order valence-electron chi connectivity index (χ2n) is 6.55. The quantitative estimate of drug-likeness (QED) is 0.459. The molecule has 0 saturated heterocycles. The minimum absolute atomic E-state index is 0.120.